The smallest absolute Gasteiger partial charge is 0.417 e. The number of fused-ring (bicyclic) bond motifs is 1. The van der Waals surface area contributed by atoms with Gasteiger partial charge in [0.2, 0.25) is 0 Å². The molecule has 2 aliphatic rings. The van der Waals surface area contributed by atoms with Crippen molar-refractivity contribution in [3.05, 3.63) is 93.3 Å². The van der Waals surface area contributed by atoms with Gasteiger partial charge in [-0.1, -0.05) is 18.2 Å². The van der Waals surface area contributed by atoms with Crippen molar-refractivity contribution in [2.45, 2.75) is 37.4 Å². The molecule has 2 atom stereocenters. The monoisotopic (exact) mass is 778 g/mol. The maximum atomic E-state index is 16.1. The van der Waals surface area contributed by atoms with Crippen molar-refractivity contribution < 1.29 is 50.2 Å². The van der Waals surface area contributed by atoms with Crippen LogP contribution in [0.25, 0.3) is 22.0 Å². The van der Waals surface area contributed by atoms with E-state index in [1.54, 1.807) is 0 Å². The first-order valence-corrected chi connectivity index (χ1v) is 17.3. The number of carbonyl (C=O) groups excluding carboxylic acids is 1. The topological polar surface area (TPSA) is 120 Å². The minimum absolute atomic E-state index is 0.0158. The van der Waals surface area contributed by atoms with E-state index in [-0.39, 0.29) is 53.0 Å². The number of morpholine rings is 1. The number of carboxylic acids is 1. The summed E-state index contributed by atoms with van der Waals surface area (Å²) in [7, 11) is 3.20. The summed E-state index contributed by atoms with van der Waals surface area (Å²) in [6.07, 6.45) is -7.85. The van der Waals surface area contributed by atoms with E-state index in [0.717, 1.165) is 27.8 Å². The normalized spacial score (nSPS) is 18.1. The number of nitrogens with zero attached hydrogens (tertiary/aromatic N) is 5. The van der Waals surface area contributed by atoms with Crippen molar-refractivity contribution in [3.8, 4) is 11.3 Å². The van der Waals surface area contributed by atoms with Crippen LogP contribution < -0.4 is 15.8 Å². The quantitative estimate of drug-likeness (QED) is 0.233. The Kier molecular flexibility index (Phi) is 11.2. The number of amides is 1. The van der Waals surface area contributed by atoms with Crippen molar-refractivity contribution in [1.29, 1.82) is 0 Å². The summed E-state index contributed by atoms with van der Waals surface area (Å²) in [5.41, 5.74) is -3.48. The Morgan fingerprint density at radius 1 is 0.982 bits per heavy atom. The molecular weight excluding hydrogens is 741 g/mol. The second-order valence-electron chi connectivity index (χ2n) is 13.6. The highest BCUT2D eigenvalue weighted by atomic mass is 19.4. The number of benzene rings is 2. The number of likely N-dealkylation sites (N-methyl/N-ethyl adjacent to an activating group) is 1. The van der Waals surface area contributed by atoms with E-state index in [2.05, 4.69) is 15.2 Å². The molecule has 0 radical (unpaired) electrons. The average molecular weight is 779 g/mol. The number of halogens is 7. The van der Waals surface area contributed by atoms with Crippen molar-refractivity contribution in [1.82, 2.24) is 24.7 Å². The molecule has 2 aliphatic heterocycles. The molecule has 4 aromatic rings. The predicted octanol–water partition coefficient (Wildman–Crippen LogP) is 4.70. The summed E-state index contributed by atoms with van der Waals surface area (Å²) in [6, 6.07) is 4.94. The van der Waals surface area contributed by atoms with Gasteiger partial charge in [0.1, 0.15) is 17.9 Å². The number of ether oxygens (including phenoxy) is 1. The van der Waals surface area contributed by atoms with Gasteiger partial charge in [-0.15, -0.1) is 0 Å². The van der Waals surface area contributed by atoms with E-state index in [4.69, 9.17) is 4.74 Å². The molecule has 2 fully saturated rings. The Labute approximate surface area is 309 Å². The molecule has 2 N–H and O–H groups in total. The Morgan fingerprint density at radius 2 is 1.71 bits per heavy atom. The van der Waals surface area contributed by atoms with Crippen LogP contribution in [0.15, 0.2) is 59.7 Å². The van der Waals surface area contributed by atoms with Crippen LogP contribution in [0.2, 0.25) is 0 Å². The molecule has 0 spiro atoms. The van der Waals surface area contributed by atoms with Gasteiger partial charge in [-0.25, -0.2) is 9.18 Å². The lowest BCUT2D eigenvalue weighted by atomic mass is 9.95. The first kappa shape index (κ1) is 39.6. The van der Waals surface area contributed by atoms with Crippen LogP contribution in [-0.2, 0) is 35.7 Å². The molecule has 0 unspecified atom stereocenters. The number of alkyl halides is 6. The van der Waals surface area contributed by atoms with E-state index in [0.29, 0.717) is 26.2 Å². The summed E-state index contributed by atoms with van der Waals surface area (Å²) in [5.74, 6) is -3.79. The number of nitrogens with one attached hydrogen (secondary N) is 1. The van der Waals surface area contributed by atoms with Crippen molar-refractivity contribution in [2.75, 3.05) is 57.9 Å². The summed E-state index contributed by atoms with van der Waals surface area (Å²) in [5, 5.41) is 13.0. The van der Waals surface area contributed by atoms with Crippen molar-refractivity contribution >= 4 is 28.3 Å². The molecule has 6 rings (SSSR count). The van der Waals surface area contributed by atoms with Crippen LogP contribution in [0, 0.1) is 5.82 Å². The van der Waals surface area contributed by atoms with Gasteiger partial charge >= 0.3 is 18.3 Å². The van der Waals surface area contributed by atoms with E-state index >= 15 is 4.39 Å². The molecule has 0 aliphatic carbocycles. The van der Waals surface area contributed by atoms with Crippen LogP contribution >= 0.6 is 0 Å². The molecular formula is C37H37F7N6O5. The number of pyridine rings is 2. The molecule has 2 aromatic carbocycles. The van der Waals surface area contributed by atoms with Crippen LogP contribution in [0.3, 0.4) is 0 Å². The van der Waals surface area contributed by atoms with Gasteiger partial charge in [0.05, 0.1) is 35.6 Å². The highest BCUT2D eigenvalue weighted by Crippen LogP contribution is 2.38. The second-order valence-corrected chi connectivity index (χ2v) is 13.6. The zero-order chi connectivity index (χ0) is 39.8. The van der Waals surface area contributed by atoms with Crippen LogP contribution in [0.5, 0.6) is 0 Å². The molecule has 2 saturated heterocycles. The van der Waals surface area contributed by atoms with Crippen LogP contribution in [-0.4, -0.2) is 108 Å². The lowest BCUT2D eigenvalue weighted by molar-refractivity contribution is -0.167. The second kappa shape index (κ2) is 15.6. The minimum atomic E-state index is -4.90. The zero-order valence-corrected chi connectivity index (χ0v) is 29.7. The van der Waals surface area contributed by atoms with Gasteiger partial charge in [0.25, 0.3) is 11.5 Å². The Bertz CT molecular complexity index is 2150. The number of aromatic nitrogens is 2. The third-order valence-corrected chi connectivity index (χ3v) is 9.95. The van der Waals surface area contributed by atoms with E-state index < -0.39 is 77.4 Å². The molecule has 294 valence electrons. The zero-order valence-electron chi connectivity index (χ0n) is 29.7. The fraction of sp³-hybridized carbons (Fsp3) is 0.405. The minimum Gasteiger partial charge on any atom is -0.480 e. The number of hydrogen-bond donors (Lipinski definition) is 2. The Hall–Kier alpha value is -5.07. The van der Waals surface area contributed by atoms with Crippen molar-refractivity contribution in [2.24, 2.45) is 7.05 Å². The summed E-state index contributed by atoms with van der Waals surface area (Å²) < 4.78 is 106. The number of piperazine rings is 1. The number of rotatable bonds is 9. The lowest BCUT2D eigenvalue weighted by Gasteiger charge is -2.39. The number of carboxylic acid groups (broad SMARTS) is 1. The number of aryl methyl sites for hydroxylation is 1. The predicted molar refractivity (Wildman–Crippen MR) is 187 cm³/mol. The highest BCUT2D eigenvalue weighted by molar-refractivity contribution is 6.00. The molecule has 0 saturated carbocycles. The largest absolute Gasteiger partial charge is 0.480 e. The molecule has 1 amide bonds. The number of hydrogen-bond acceptors (Lipinski definition) is 8. The third kappa shape index (κ3) is 8.45. The summed E-state index contributed by atoms with van der Waals surface area (Å²) in [6.45, 7) is 1.40. The maximum Gasteiger partial charge on any atom is 0.417 e. The van der Waals surface area contributed by atoms with Gasteiger partial charge < -0.3 is 29.5 Å². The first-order chi connectivity index (χ1) is 25.9. The van der Waals surface area contributed by atoms with Gasteiger partial charge in [0.15, 0.2) is 0 Å². The van der Waals surface area contributed by atoms with Gasteiger partial charge in [-0.2, -0.15) is 26.3 Å². The SMILES string of the molecule is CN1CCN(Cc2cc(N3CCOC[C@@H]3C(F)(F)F)cc(F)c2C(=O)N[C@@H](Cc2cccc3c(-c4c(C(F)(F)F)ccn(C)c4=O)nccc23)C(=O)O)CC1. The summed E-state index contributed by atoms with van der Waals surface area (Å²) >= 11 is 0. The average Bonchev–Trinajstić information content (AvgIpc) is 3.12. The van der Waals surface area contributed by atoms with Crippen LogP contribution in [0.1, 0.15) is 27.0 Å². The molecule has 2 aromatic heterocycles. The fourth-order valence-electron chi connectivity index (χ4n) is 7.02. The van der Waals surface area contributed by atoms with Gasteiger partial charge in [0, 0.05) is 76.2 Å². The van der Waals surface area contributed by atoms with Crippen LogP contribution in [0.4, 0.5) is 36.4 Å². The third-order valence-electron chi connectivity index (χ3n) is 9.95. The number of carbonyl (C=O) groups is 2. The molecule has 4 heterocycles. The molecule has 11 nitrogen and oxygen atoms in total. The highest BCUT2D eigenvalue weighted by Gasteiger charge is 2.46. The number of anilines is 1. The standard InChI is InChI=1S/C37H37F7N6O5/c1-47-10-12-49(13-11-47)19-22-16-23(50-14-15-55-20-29(50)37(42,43)44)18-27(38)30(22)33(51)46-28(35(53)54)17-21-4-3-5-25-24(21)6-8-45-32(25)31-26(36(39,40)41)7-9-48(2)34(31)52/h3-9,16,18,28-29H,10-15,17,19-20H2,1-2H3,(H,46,51)(H,53,54)/t28-,29+/m0/s1. The lowest BCUT2D eigenvalue weighted by Crippen LogP contribution is -2.53. The Balaban J connectivity index is 1.36. The van der Waals surface area contributed by atoms with E-state index in [1.807, 2.05) is 11.9 Å². The maximum absolute atomic E-state index is 16.1. The summed E-state index contributed by atoms with van der Waals surface area (Å²) in [4.78, 5) is 48.6. The molecule has 18 heteroatoms. The first-order valence-electron chi connectivity index (χ1n) is 17.3. The van der Waals surface area contributed by atoms with E-state index in [1.165, 1.54) is 43.6 Å². The number of aliphatic carboxylic acids is 1. The molecule has 55 heavy (non-hydrogen) atoms. The van der Waals surface area contributed by atoms with Gasteiger partial charge in [-0.3, -0.25) is 19.5 Å². The van der Waals surface area contributed by atoms with E-state index in [9.17, 15) is 45.8 Å². The van der Waals surface area contributed by atoms with Gasteiger partial charge in [-0.05, 0) is 47.8 Å². The fourth-order valence-corrected chi connectivity index (χ4v) is 7.02. The molecule has 0 bridgehead atoms. The Morgan fingerprint density at radius 3 is 2.38 bits per heavy atom. The van der Waals surface area contributed by atoms with Crippen molar-refractivity contribution in [3.63, 3.8) is 0 Å².